The Labute approximate surface area is 241 Å². The van der Waals surface area contributed by atoms with Crippen LogP contribution in [0.1, 0.15) is 38.0 Å². The SMILES string of the molecule is COc1ncc(-c2ccc(-c3nc4cc(C)c([C@H](OC(C)(C)C)C(=O)O)c(-c5ccc(Cl)cc5)c4s3)cc2)cn1. The number of aryl methyl sites for hydroxylation is 1. The number of hydrogen-bond acceptors (Lipinski definition) is 7. The number of halogens is 1. The van der Waals surface area contributed by atoms with E-state index in [1.54, 1.807) is 24.5 Å². The first-order valence-corrected chi connectivity index (χ1v) is 13.8. The lowest BCUT2D eigenvalue weighted by Gasteiger charge is -2.28. The molecule has 1 atom stereocenters. The van der Waals surface area contributed by atoms with Crippen LogP contribution in [0.3, 0.4) is 0 Å². The van der Waals surface area contributed by atoms with Gasteiger partial charge in [-0.05, 0) is 62.6 Å². The van der Waals surface area contributed by atoms with Crippen LogP contribution in [-0.4, -0.2) is 38.7 Å². The number of carboxylic acid groups (broad SMARTS) is 1. The van der Waals surface area contributed by atoms with Gasteiger partial charge < -0.3 is 14.6 Å². The molecule has 3 aromatic carbocycles. The van der Waals surface area contributed by atoms with Crippen molar-refractivity contribution in [3.8, 4) is 38.8 Å². The minimum Gasteiger partial charge on any atom is -0.479 e. The van der Waals surface area contributed by atoms with Crippen molar-refractivity contribution in [3.63, 3.8) is 0 Å². The molecule has 1 N–H and O–H groups in total. The molecule has 0 saturated carbocycles. The molecule has 0 spiro atoms. The molecule has 0 saturated heterocycles. The molecule has 0 bridgehead atoms. The van der Waals surface area contributed by atoms with Gasteiger partial charge in [-0.2, -0.15) is 0 Å². The van der Waals surface area contributed by atoms with Crippen molar-refractivity contribution in [3.05, 3.63) is 83.1 Å². The number of hydrogen-bond donors (Lipinski definition) is 1. The first-order chi connectivity index (χ1) is 19.0. The average Bonchev–Trinajstić information content (AvgIpc) is 3.35. The molecule has 0 aliphatic rings. The minimum atomic E-state index is -1.16. The monoisotopic (exact) mass is 573 g/mol. The van der Waals surface area contributed by atoms with E-state index in [-0.39, 0.29) is 0 Å². The van der Waals surface area contributed by atoms with Crippen molar-refractivity contribution in [1.82, 2.24) is 15.0 Å². The Morgan fingerprint density at radius 1 is 0.950 bits per heavy atom. The zero-order valence-electron chi connectivity index (χ0n) is 22.7. The topological polar surface area (TPSA) is 94.4 Å². The van der Waals surface area contributed by atoms with E-state index in [4.69, 9.17) is 26.1 Å². The summed E-state index contributed by atoms with van der Waals surface area (Å²) in [5.74, 6) is -1.05. The van der Waals surface area contributed by atoms with E-state index in [1.165, 1.54) is 18.4 Å². The number of carbonyl (C=O) groups is 1. The summed E-state index contributed by atoms with van der Waals surface area (Å²) in [5, 5.41) is 11.7. The lowest BCUT2D eigenvalue weighted by Crippen LogP contribution is -2.28. The van der Waals surface area contributed by atoms with Crippen LogP contribution in [-0.2, 0) is 9.53 Å². The molecule has 2 aromatic heterocycles. The molecule has 204 valence electrons. The number of rotatable bonds is 7. The molecule has 5 aromatic rings. The predicted octanol–water partition coefficient (Wildman–Crippen LogP) is 8.00. The molecule has 0 radical (unpaired) electrons. The second kappa shape index (κ2) is 11.0. The van der Waals surface area contributed by atoms with Gasteiger partial charge in [0.2, 0.25) is 0 Å². The highest BCUT2D eigenvalue weighted by molar-refractivity contribution is 7.22. The maximum Gasteiger partial charge on any atom is 0.337 e. The summed E-state index contributed by atoms with van der Waals surface area (Å²) in [6.07, 6.45) is 2.28. The van der Waals surface area contributed by atoms with Gasteiger partial charge in [-0.1, -0.05) is 48.0 Å². The van der Waals surface area contributed by atoms with Crippen LogP contribution in [0.2, 0.25) is 5.02 Å². The number of fused-ring (bicyclic) bond motifs is 1. The van der Waals surface area contributed by atoms with Crippen molar-refractivity contribution in [1.29, 1.82) is 0 Å². The number of methoxy groups -OCH3 is 1. The quantitative estimate of drug-likeness (QED) is 0.211. The predicted molar refractivity (Wildman–Crippen MR) is 159 cm³/mol. The van der Waals surface area contributed by atoms with E-state index in [0.29, 0.717) is 16.6 Å². The molecule has 40 heavy (non-hydrogen) atoms. The van der Waals surface area contributed by atoms with Crippen molar-refractivity contribution in [2.45, 2.75) is 39.4 Å². The molecule has 0 aliphatic heterocycles. The summed E-state index contributed by atoms with van der Waals surface area (Å²) < 4.78 is 12.0. The van der Waals surface area contributed by atoms with Crippen LogP contribution in [0.4, 0.5) is 0 Å². The number of carboxylic acids is 1. The van der Waals surface area contributed by atoms with Crippen LogP contribution in [0.15, 0.2) is 67.0 Å². The van der Waals surface area contributed by atoms with Crippen molar-refractivity contribution >= 4 is 39.1 Å². The van der Waals surface area contributed by atoms with Crippen LogP contribution < -0.4 is 4.74 Å². The highest BCUT2D eigenvalue weighted by Gasteiger charge is 2.32. The van der Waals surface area contributed by atoms with Gasteiger partial charge in [0.1, 0.15) is 5.01 Å². The van der Waals surface area contributed by atoms with Crippen LogP contribution in [0.25, 0.3) is 43.0 Å². The van der Waals surface area contributed by atoms with Crippen LogP contribution in [0, 0.1) is 6.92 Å². The number of thiazole rings is 1. The molecule has 5 rings (SSSR count). The zero-order chi connectivity index (χ0) is 28.6. The highest BCUT2D eigenvalue weighted by atomic mass is 35.5. The lowest BCUT2D eigenvalue weighted by atomic mass is 9.91. The first-order valence-electron chi connectivity index (χ1n) is 12.6. The second-order valence-corrected chi connectivity index (χ2v) is 11.8. The molecule has 0 amide bonds. The number of benzene rings is 3. The van der Waals surface area contributed by atoms with E-state index < -0.39 is 17.7 Å². The normalized spacial score (nSPS) is 12.4. The molecular weight excluding hydrogens is 546 g/mol. The Morgan fingerprint density at radius 2 is 1.55 bits per heavy atom. The number of aromatic nitrogens is 3. The van der Waals surface area contributed by atoms with E-state index in [0.717, 1.165) is 48.6 Å². The third kappa shape index (κ3) is 5.70. The Hall–Kier alpha value is -3.85. The fourth-order valence-electron chi connectivity index (χ4n) is 4.54. The molecule has 7 nitrogen and oxygen atoms in total. The standard InChI is InChI=1S/C31H28ClN3O4S/c1-17-14-23-27(25(19-10-12-22(32)13-11-19)24(17)26(29(36)37)39-31(2,3)4)40-28(35-23)20-8-6-18(7-9-20)21-15-33-30(38-5)34-16-21/h6-16,26H,1-5H3,(H,36,37)/t26-/m0/s1. The Morgan fingerprint density at radius 3 is 2.12 bits per heavy atom. The van der Waals surface area contributed by atoms with Gasteiger partial charge in [0.15, 0.2) is 6.10 Å². The summed E-state index contributed by atoms with van der Waals surface area (Å²) in [6.45, 7) is 7.46. The number of aliphatic carboxylic acids is 1. The van der Waals surface area contributed by atoms with Gasteiger partial charge in [0, 0.05) is 39.7 Å². The fourth-order valence-corrected chi connectivity index (χ4v) is 5.79. The summed E-state index contributed by atoms with van der Waals surface area (Å²) in [5.41, 5.74) is 5.96. The number of nitrogens with zero attached hydrogens (tertiary/aromatic N) is 3. The van der Waals surface area contributed by atoms with Crippen molar-refractivity contribution in [2.75, 3.05) is 7.11 Å². The van der Waals surface area contributed by atoms with Gasteiger partial charge in [-0.15, -0.1) is 11.3 Å². The molecule has 2 heterocycles. The smallest absolute Gasteiger partial charge is 0.337 e. The lowest BCUT2D eigenvalue weighted by molar-refractivity contribution is -0.160. The maximum absolute atomic E-state index is 12.5. The fraction of sp³-hybridized carbons (Fsp3) is 0.226. The Balaban J connectivity index is 1.65. The Bertz CT molecular complexity index is 1680. The third-order valence-electron chi connectivity index (χ3n) is 6.29. The maximum atomic E-state index is 12.5. The van der Waals surface area contributed by atoms with Gasteiger partial charge in [-0.3, -0.25) is 0 Å². The van der Waals surface area contributed by atoms with E-state index >= 15 is 0 Å². The third-order valence-corrected chi connectivity index (χ3v) is 7.68. The minimum absolute atomic E-state index is 0.319. The van der Waals surface area contributed by atoms with Gasteiger partial charge in [0.05, 0.1) is 22.9 Å². The van der Waals surface area contributed by atoms with E-state index in [1.807, 2.05) is 70.2 Å². The molecule has 0 aliphatic carbocycles. The van der Waals surface area contributed by atoms with Crippen molar-refractivity contribution in [2.24, 2.45) is 0 Å². The van der Waals surface area contributed by atoms with Gasteiger partial charge in [-0.25, -0.2) is 19.7 Å². The first kappa shape index (κ1) is 27.7. The van der Waals surface area contributed by atoms with Crippen LogP contribution in [0.5, 0.6) is 6.01 Å². The van der Waals surface area contributed by atoms with Gasteiger partial charge in [0.25, 0.3) is 0 Å². The zero-order valence-corrected chi connectivity index (χ0v) is 24.3. The second-order valence-electron chi connectivity index (χ2n) is 10.3. The van der Waals surface area contributed by atoms with Crippen LogP contribution >= 0.6 is 22.9 Å². The highest BCUT2D eigenvalue weighted by Crippen LogP contribution is 2.44. The summed E-state index contributed by atoms with van der Waals surface area (Å²) in [4.78, 5) is 25.9. The van der Waals surface area contributed by atoms with Crippen molar-refractivity contribution < 1.29 is 19.4 Å². The summed E-state index contributed by atoms with van der Waals surface area (Å²) in [6, 6.07) is 17.7. The largest absolute Gasteiger partial charge is 0.479 e. The average molecular weight is 574 g/mol. The van der Waals surface area contributed by atoms with E-state index in [9.17, 15) is 9.90 Å². The molecular formula is C31H28ClN3O4S. The van der Waals surface area contributed by atoms with E-state index in [2.05, 4.69) is 9.97 Å². The van der Waals surface area contributed by atoms with Gasteiger partial charge >= 0.3 is 12.0 Å². The molecule has 9 heteroatoms. The Kier molecular flexibility index (Phi) is 7.59. The molecule has 0 fully saturated rings. The molecule has 0 unspecified atom stereocenters. The summed E-state index contributed by atoms with van der Waals surface area (Å²) in [7, 11) is 1.53. The summed E-state index contributed by atoms with van der Waals surface area (Å²) >= 11 is 7.72. The number of ether oxygens (including phenoxy) is 2.